The van der Waals surface area contributed by atoms with Crippen molar-refractivity contribution in [1.82, 2.24) is 36.8 Å². The number of carbonyl (C=O) groups is 8. The van der Waals surface area contributed by atoms with Crippen LogP contribution in [0.4, 0.5) is 0 Å². The molecule has 72 heavy (non-hydrogen) atoms. The largest absolute Gasteiger partial charge is 0.394 e. The van der Waals surface area contributed by atoms with Crippen molar-refractivity contribution in [1.29, 1.82) is 0 Å². The molecule has 0 unspecified atom stereocenters. The van der Waals surface area contributed by atoms with Gasteiger partial charge in [0.25, 0.3) is 0 Å². The maximum absolute atomic E-state index is 13.9. The molecule has 2 heterocycles. The van der Waals surface area contributed by atoms with Crippen LogP contribution in [0, 0.1) is 11.8 Å². The SMILES string of the molecule is C/C=C(CSCCC(=O)NC1(C(=O)N[C@@H](CC(C)C)C(=O)N[C@H](C(N)=O)[C@@H](C)CC)CCOCC1)\N=C(/C)CSCCC(=O)NC1CCN(CC(=O)N[C@H](CCC(=O)NCCCC[C@H](O)CO)C(N)=O)CC1. The molecule has 0 radical (unpaired) electrons. The molecular weight excluding hydrogens is 969 g/mol. The van der Waals surface area contributed by atoms with Crippen molar-refractivity contribution in [3.8, 4) is 0 Å². The Morgan fingerprint density at radius 3 is 2.08 bits per heavy atom. The molecule has 2 saturated heterocycles. The predicted molar refractivity (Wildman–Crippen MR) is 282 cm³/mol. The topological polar surface area (TPSA) is 326 Å². The normalized spacial score (nSPS) is 17.7. The molecule has 23 heteroatoms. The van der Waals surface area contributed by atoms with Gasteiger partial charge in [-0.05, 0) is 70.6 Å². The molecule has 12 N–H and O–H groups in total. The van der Waals surface area contributed by atoms with Crippen LogP contribution in [-0.2, 0) is 43.1 Å². The van der Waals surface area contributed by atoms with E-state index in [1.165, 1.54) is 0 Å². The fraction of sp³-hybridized carbons (Fsp3) is 0.776. The smallest absolute Gasteiger partial charge is 0.246 e. The fourth-order valence-corrected chi connectivity index (χ4v) is 9.82. The number of nitrogens with one attached hydrogen (secondary N) is 6. The lowest BCUT2D eigenvalue weighted by Crippen LogP contribution is -2.64. The molecular formula is C49H86N10O11S2. The van der Waals surface area contributed by atoms with Crippen LogP contribution in [0.1, 0.15) is 125 Å². The average molecular weight is 1060 g/mol. The van der Waals surface area contributed by atoms with Gasteiger partial charge in [-0.1, -0.05) is 40.2 Å². The van der Waals surface area contributed by atoms with Gasteiger partial charge in [0.1, 0.15) is 23.7 Å². The molecule has 0 saturated carbocycles. The first-order chi connectivity index (χ1) is 34.2. The van der Waals surface area contributed by atoms with E-state index in [2.05, 4.69) is 31.9 Å². The highest BCUT2D eigenvalue weighted by Crippen LogP contribution is 2.23. The number of unbranched alkanes of at least 4 members (excludes halogenated alkanes) is 1. The number of hydrogen-bond donors (Lipinski definition) is 10. The first-order valence-electron chi connectivity index (χ1n) is 25.5. The van der Waals surface area contributed by atoms with Crippen molar-refractivity contribution in [3.05, 3.63) is 11.8 Å². The Labute approximate surface area is 434 Å². The van der Waals surface area contributed by atoms with E-state index in [9.17, 15) is 43.5 Å². The molecule has 0 aromatic carbocycles. The zero-order valence-electron chi connectivity index (χ0n) is 43.5. The number of aliphatic hydroxyl groups excluding tert-OH is 2. The predicted octanol–water partition coefficient (Wildman–Crippen LogP) is 0.781. The number of aliphatic hydroxyl groups is 2. The van der Waals surface area contributed by atoms with Gasteiger partial charge in [0.2, 0.25) is 47.3 Å². The van der Waals surface area contributed by atoms with E-state index in [-0.39, 0.29) is 100.0 Å². The molecule has 2 aliphatic heterocycles. The van der Waals surface area contributed by atoms with Gasteiger partial charge in [-0.25, -0.2) is 0 Å². The second-order valence-electron chi connectivity index (χ2n) is 19.3. The Morgan fingerprint density at radius 1 is 0.833 bits per heavy atom. The standard InChI is InChI=1S/C49H86N10O11S2/c1-7-33(5)44(46(51)67)57-47(68)39(27-32(3)4)56-48(69)49(18-23-70-24-19-49)58-42(64)17-26-72-31-35(8-2)53-34(6)30-71-25-16-41(63)54-36-14-21-59(22-15-36)28-43(65)55-38(45(50)66)12-13-40(62)52-20-10-9-11-37(61)29-60/h8,32-33,36-39,44,60-61H,7,9-31H2,1-6H3,(H2,50,66)(H2,51,67)(H,52,62)(H,54,63)(H,55,65)(H,56,69)(H,57,68)(H,58,64)/b35-8-,53-34+/t33-,37-,38+,39-,44-/m0/s1. The highest BCUT2D eigenvalue weighted by Gasteiger charge is 2.43. The van der Waals surface area contributed by atoms with Gasteiger partial charge in [-0.3, -0.25) is 48.2 Å². The number of nitrogens with two attached hydrogens (primary N) is 2. The van der Waals surface area contributed by atoms with Crippen LogP contribution in [0.3, 0.4) is 0 Å². The van der Waals surface area contributed by atoms with Crippen molar-refractivity contribution in [2.75, 3.05) is 69.0 Å². The number of nitrogens with zero attached hydrogens (tertiary/aromatic N) is 2. The van der Waals surface area contributed by atoms with E-state index < -0.39 is 53.4 Å². The fourth-order valence-electron chi connectivity index (χ4n) is 8.08. The first kappa shape index (κ1) is 63.8. The van der Waals surface area contributed by atoms with Crippen molar-refractivity contribution >= 4 is 76.5 Å². The number of likely N-dealkylation sites (tertiary alicyclic amines) is 1. The molecule has 2 aliphatic rings. The molecule has 8 amide bonds. The summed E-state index contributed by atoms with van der Waals surface area (Å²) in [5.41, 5.74) is 11.6. The highest BCUT2D eigenvalue weighted by molar-refractivity contribution is 8.00. The van der Waals surface area contributed by atoms with E-state index >= 15 is 0 Å². The summed E-state index contributed by atoms with van der Waals surface area (Å²) in [5.74, 6) is -1.18. The van der Waals surface area contributed by atoms with E-state index in [4.69, 9.17) is 26.3 Å². The number of amides is 8. The molecule has 2 rings (SSSR count). The second kappa shape index (κ2) is 35.0. The molecule has 2 fully saturated rings. The number of piperidine rings is 1. The van der Waals surface area contributed by atoms with Crippen LogP contribution in [0.15, 0.2) is 16.8 Å². The van der Waals surface area contributed by atoms with E-state index in [1.54, 1.807) is 23.5 Å². The Hall–Kier alpha value is -4.29. The number of hydrogen-bond acceptors (Lipinski definition) is 15. The summed E-state index contributed by atoms with van der Waals surface area (Å²) in [7, 11) is 0. The zero-order chi connectivity index (χ0) is 53.6. The number of rotatable bonds is 35. The second-order valence-corrected chi connectivity index (χ2v) is 21.5. The summed E-state index contributed by atoms with van der Waals surface area (Å²) in [6.07, 6.45) is 6.19. The number of allylic oxidation sites excluding steroid dienone is 1. The van der Waals surface area contributed by atoms with E-state index in [0.29, 0.717) is 94.0 Å². The summed E-state index contributed by atoms with van der Waals surface area (Å²) in [5, 5.41) is 35.3. The van der Waals surface area contributed by atoms with Crippen molar-refractivity contribution < 1.29 is 53.3 Å². The number of carbonyl (C=O) groups excluding carboxylic acids is 8. The minimum atomic E-state index is -1.26. The molecule has 0 aromatic heterocycles. The van der Waals surface area contributed by atoms with Gasteiger partial charge in [0, 0.05) is 105 Å². The van der Waals surface area contributed by atoms with Crippen molar-refractivity contribution in [2.45, 2.75) is 161 Å². The molecule has 0 bridgehead atoms. The molecule has 410 valence electrons. The Bertz CT molecular complexity index is 1810. The van der Waals surface area contributed by atoms with E-state index in [1.807, 2.05) is 52.5 Å². The van der Waals surface area contributed by atoms with Gasteiger partial charge in [0.15, 0.2) is 0 Å². The summed E-state index contributed by atoms with van der Waals surface area (Å²) in [4.78, 5) is 109. The number of ether oxygens (including phenoxy) is 1. The zero-order valence-corrected chi connectivity index (χ0v) is 45.2. The first-order valence-corrected chi connectivity index (χ1v) is 27.8. The van der Waals surface area contributed by atoms with Gasteiger partial charge >= 0.3 is 0 Å². The number of primary amides is 2. The average Bonchev–Trinajstić information content (AvgIpc) is 3.33. The highest BCUT2D eigenvalue weighted by atomic mass is 32.2. The quantitative estimate of drug-likeness (QED) is 0.0310. The van der Waals surface area contributed by atoms with Gasteiger partial charge in [0.05, 0.1) is 19.3 Å². The number of thioether (sulfide) groups is 2. The maximum Gasteiger partial charge on any atom is 0.246 e. The third kappa shape index (κ3) is 25.6. The Morgan fingerprint density at radius 2 is 1.49 bits per heavy atom. The summed E-state index contributed by atoms with van der Waals surface area (Å²) < 4.78 is 5.54. The van der Waals surface area contributed by atoms with Gasteiger partial charge < -0.3 is 58.3 Å². The van der Waals surface area contributed by atoms with E-state index in [0.717, 1.165) is 11.4 Å². The monoisotopic (exact) mass is 1050 g/mol. The van der Waals surface area contributed by atoms with Crippen LogP contribution in [0.5, 0.6) is 0 Å². The number of aliphatic imine (C=N–C) groups is 1. The van der Waals surface area contributed by atoms with Crippen LogP contribution in [0.25, 0.3) is 0 Å². The summed E-state index contributed by atoms with van der Waals surface area (Å²) in [6, 6.07) is -2.83. The lowest BCUT2D eigenvalue weighted by atomic mass is 9.87. The third-order valence-corrected chi connectivity index (χ3v) is 14.7. The molecule has 0 aromatic rings. The Kier molecular flexibility index (Phi) is 31.0. The molecule has 0 aliphatic carbocycles. The van der Waals surface area contributed by atoms with Crippen LogP contribution in [-0.4, -0.2) is 173 Å². The summed E-state index contributed by atoms with van der Waals surface area (Å²) in [6.45, 7) is 13.3. The maximum atomic E-state index is 13.9. The third-order valence-electron chi connectivity index (χ3n) is 12.6. The summed E-state index contributed by atoms with van der Waals surface area (Å²) >= 11 is 3.16. The van der Waals surface area contributed by atoms with Crippen molar-refractivity contribution in [3.63, 3.8) is 0 Å². The van der Waals surface area contributed by atoms with Gasteiger partial charge in [-0.2, -0.15) is 23.5 Å². The van der Waals surface area contributed by atoms with Crippen LogP contribution >= 0.6 is 23.5 Å². The molecule has 0 spiro atoms. The molecule has 21 nitrogen and oxygen atoms in total. The van der Waals surface area contributed by atoms with Crippen LogP contribution < -0.4 is 43.4 Å². The van der Waals surface area contributed by atoms with Crippen LogP contribution in [0.2, 0.25) is 0 Å². The van der Waals surface area contributed by atoms with Gasteiger partial charge in [-0.15, -0.1) is 0 Å². The molecule has 5 atom stereocenters. The minimum Gasteiger partial charge on any atom is -0.394 e. The lowest BCUT2D eigenvalue weighted by molar-refractivity contribution is -0.140. The minimum absolute atomic E-state index is 0.00561. The van der Waals surface area contributed by atoms with Crippen molar-refractivity contribution in [2.24, 2.45) is 28.3 Å². The lowest BCUT2D eigenvalue weighted by Gasteiger charge is -2.38. The Balaban J connectivity index is 1.72.